The fraction of sp³-hybridized carbons (Fsp3) is 0.636. The molecule has 2 aliphatic rings. The third-order valence-corrected chi connectivity index (χ3v) is 5.46. The molecule has 0 aromatic carbocycles. The largest absolute Gasteiger partial charge is 0.477 e. The Hall–Kier alpha value is -1.91. The van der Waals surface area contributed by atoms with E-state index >= 15 is 0 Å². The maximum Gasteiger partial charge on any atom is 0.213 e. The average molecular weight is 539 g/mol. The number of rotatable bonds is 8. The average Bonchev–Trinajstić information content (AvgIpc) is 3.47. The molecule has 4 rings (SSSR count). The van der Waals surface area contributed by atoms with Crippen LogP contribution in [0.25, 0.3) is 0 Å². The molecule has 2 aromatic heterocycles. The molecule has 1 fully saturated rings. The number of aliphatic imine (C=N–C) groups is 1. The van der Waals surface area contributed by atoms with Gasteiger partial charge in [-0.3, -0.25) is 0 Å². The zero-order valence-corrected chi connectivity index (χ0v) is 21.0. The second-order valence-electron chi connectivity index (χ2n) is 8.55. The van der Waals surface area contributed by atoms with Gasteiger partial charge in [0.1, 0.15) is 5.82 Å². The van der Waals surface area contributed by atoms with Gasteiger partial charge in [0.05, 0.1) is 19.7 Å². The molecule has 2 N–H and O–H groups in total. The van der Waals surface area contributed by atoms with Crippen molar-refractivity contribution in [1.29, 1.82) is 0 Å². The van der Waals surface area contributed by atoms with Gasteiger partial charge in [-0.25, -0.2) is 19.6 Å². The number of nitrogens with one attached hydrogen (secondary N) is 2. The van der Waals surface area contributed by atoms with Crippen molar-refractivity contribution in [2.45, 2.75) is 71.5 Å². The van der Waals surface area contributed by atoms with Gasteiger partial charge >= 0.3 is 0 Å². The summed E-state index contributed by atoms with van der Waals surface area (Å²) in [6.07, 6.45) is 6.31. The number of pyridine rings is 1. The Labute approximate surface area is 201 Å². The third kappa shape index (κ3) is 6.78. The third-order valence-electron chi connectivity index (χ3n) is 5.46. The molecule has 1 atom stereocenters. The van der Waals surface area contributed by atoms with E-state index < -0.39 is 0 Å². The minimum Gasteiger partial charge on any atom is -0.477 e. The Kier molecular flexibility index (Phi) is 8.50. The molecule has 1 aliphatic heterocycles. The van der Waals surface area contributed by atoms with Crippen molar-refractivity contribution in [3.05, 3.63) is 35.5 Å². The Balaban J connectivity index is 0.00000272. The SMILES string of the molecule is CCNC(=NCc1ccnc(OCC2CC2)c1)NC1CCc2nc(C(C)C)nn2C1.I. The highest BCUT2D eigenvalue weighted by molar-refractivity contribution is 14.0. The Morgan fingerprint density at radius 1 is 1.32 bits per heavy atom. The Morgan fingerprint density at radius 2 is 2.16 bits per heavy atom. The van der Waals surface area contributed by atoms with Crippen molar-refractivity contribution in [2.24, 2.45) is 10.9 Å². The first-order chi connectivity index (χ1) is 14.6. The topological polar surface area (TPSA) is 89.2 Å². The van der Waals surface area contributed by atoms with Crippen LogP contribution in [0.15, 0.2) is 23.3 Å². The van der Waals surface area contributed by atoms with Gasteiger partial charge in [-0.05, 0) is 43.7 Å². The number of halogens is 1. The van der Waals surface area contributed by atoms with Crippen LogP contribution in [0, 0.1) is 5.92 Å². The van der Waals surface area contributed by atoms with Crippen LogP contribution in [0.4, 0.5) is 0 Å². The minimum absolute atomic E-state index is 0. The lowest BCUT2D eigenvalue weighted by Gasteiger charge is -2.25. The molecule has 9 heteroatoms. The zero-order valence-electron chi connectivity index (χ0n) is 18.7. The fourth-order valence-electron chi connectivity index (χ4n) is 3.49. The first-order valence-corrected chi connectivity index (χ1v) is 11.2. The second-order valence-corrected chi connectivity index (χ2v) is 8.55. The highest BCUT2D eigenvalue weighted by Gasteiger charge is 2.23. The number of aryl methyl sites for hydroxylation is 1. The minimum atomic E-state index is 0. The van der Waals surface area contributed by atoms with E-state index in [1.165, 1.54) is 12.8 Å². The number of guanidine groups is 1. The number of nitrogens with zero attached hydrogens (tertiary/aromatic N) is 5. The molecule has 1 saturated carbocycles. The quantitative estimate of drug-likeness (QED) is 0.304. The molecule has 0 radical (unpaired) electrons. The molecule has 0 amide bonds. The van der Waals surface area contributed by atoms with Gasteiger partial charge in [0.25, 0.3) is 0 Å². The number of hydrogen-bond acceptors (Lipinski definition) is 5. The molecule has 1 unspecified atom stereocenters. The van der Waals surface area contributed by atoms with Crippen molar-refractivity contribution in [3.8, 4) is 5.88 Å². The van der Waals surface area contributed by atoms with Crippen LogP contribution >= 0.6 is 24.0 Å². The van der Waals surface area contributed by atoms with Crippen molar-refractivity contribution >= 4 is 29.9 Å². The summed E-state index contributed by atoms with van der Waals surface area (Å²) in [5, 5.41) is 11.6. The van der Waals surface area contributed by atoms with E-state index in [1.807, 2.05) is 16.8 Å². The maximum absolute atomic E-state index is 5.79. The van der Waals surface area contributed by atoms with Gasteiger partial charge in [-0.2, -0.15) is 5.10 Å². The highest BCUT2D eigenvalue weighted by Crippen LogP contribution is 2.29. The summed E-state index contributed by atoms with van der Waals surface area (Å²) in [5.41, 5.74) is 1.09. The van der Waals surface area contributed by atoms with E-state index in [0.29, 0.717) is 18.3 Å². The standard InChI is InChI=1S/C22H33N7O.HI/c1-4-23-22(25-12-17-9-10-24-20(11-17)30-14-16-5-6-16)26-18-7-8-19-27-21(15(2)3)28-29(19)13-18;/h9-11,15-16,18H,4-8,12-14H2,1-3H3,(H2,23,25,26);1H. The molecule has 170 valence electrons. The summed E-state index contributed by atoms with van der Waals surface area (Å²) in [5.74, 6) is 4.62. The molecule has 0 spiro atoms. The van der Waals surface area contributed by atoms with Crippen molar-refractivity contribution in [3.63, 3.8) is 0 Å². The van der Waals surface area contributed by atoms with E-state index in [1.54, 1.807) is 6.20 Å². The lowest BCUT2D eigenvalue weighted by Crippen LogP contribution is -2.47. The zero-order chi connectivity index (χ0) is 20.9. The molecule has 8 nitrogen and oxygen atoms in total. The molecule has 1 aliphatic carbocycles. The summed E-state index contributed by atoms with van der Waals surface area (Å²) in [6, 6.07) is 4.27. The van der Waals surface area contributed by atoms with E-state index in [4.69, 9.17) is 9.73 Å². The smallest absolute Gasteiger partial charge is 0.213 e. The lowest BCUT2D eigenvalue weighted by atomic mass is 10.1. The van der Waals surface area contributed by atoms with E-state index in [-0.39, 0.29) is 30.0 Å². The number of hydrogen-bond donors (Lipinski definition) is 2. The van der Waals surface area contributed by atoms with Crippen LogP contribution in [0.1, 0.15) is 63.2 Å². The molecule has 0 saturated heterocycles. The van der Waals surface area contributed by atoms with Gasteiger partial charge in [0.2, 0.25) is 5.88 Å². The number of fused-ring (bicyclic) bond motifs is 1. The summed E-state index contributed by atoms with van der Waals surface area (Å²) >= 11 is 0. The normalized spacial score (nSPS) is 18.3. The van der Waals surface area contributed by atoms with Crippen LogP contribution in [0.2, 0.25) is 0 Å². The van der Waals surface area contributed by atoms with Gasteiger partial charge in [-0.1, -0.05) is 13.8 Å². The summed E-state index contributed by atoms with van der Waals surface area (Å²) in [7, 11) is 0. The van der Waals surface area contributed by atoms with E-state index in [2.05, 4.69) is 46.5 Å². The highest BCUT2D eigenvalue weighted by atomic mass is 127. The van der Waals surface area contributed by atoms with E-state index in [0.717, 1.165) is 61.6 Å². The molecular formula is C22H34IN7O. The number of aromatic nitrogens is 4. The molecule has 0 bridgehead atoms. The maximum atomic E-state index is 5.79. The monoisotopic (exact) mass is 539 g/mol. The Morgan fingerprint density at radius 3 is 2.90 bits per heavy atom. The summed E-state index contributed by atoms with van der Waals surface area (Å²) in [6.45, 7) is 9.33. The Bertz CT molecular complexity index is 878. The first kappa shape index (κ1) is 23.7. The summed E-state index contributed by atoms with van der Waals surface area (Å²) < 4.78 is 7.84. The van der Waals surface area contributed by atoms with Crippen LogP contribution in [0.5, 0.6) is 5.88 Å². The predicted octanol–water partition coefficient (Wildman–Crippen LogP) is 3.27. The van der Waals surface area contributed by atoms with Crippen molar-refractivity contribution in [2.75, 3.05) is 13.2 Å². The van der Waals surface area contributed by atoms with Gasteiger partial charge in [0.15, 0.2) is 11.8 Å². The van der Waals surface area contributed by atoms with Crippen LogP contribution in [-0.4, -0.2) is 44.9 Å². The number of ether oxygens (including phenoxy) is 1. The second kappa shape index (κ2) is 11.1. The van der Waals surface area contributed by atoms with Crippen LogP contribution in [-0.2, 0) is 19.5 Å². The summed E-state index contributed by atoms with van der Waals surface area (Å²) in [4.78, 5) is 13.8. The van der Waals surface area contributed by atoms with Crippen molar-refractivity contribution < 1.29 is 4.74 Å². The van der Waals surface area contributed by atoms with Crippen LogP contribution in [0.3, 0.4) is 0 Å². The molecule has 31 heavy (non-hydrogen) atoms. The van der Waals surface area contributed by atoms with Gasteiger partial charge in [0, 0.05) is 37.2 Å². The lowest BCUT2D eigenvalue weighted by molar-refractivity contribution is 0.288. The van der Waals surface area contributed by atoms with E-state index in [9.17, 15) is 0 Å². The van der Waals surface area contributed by atoms with Crippen LogP contribution < -0.4 is 15.4 Å². The molecule has 3 heterocycles. The first-order valence-electron chi connectivity index (χ1n) is 11.2. The van der Waals surface area contributed by atoms with Gasteiger partial charge in [-0.15, -0.1) is 24.0 Å². The molecular weight excluding hydrogens is 505 g/mol. The molecule has 2 aromatic rings. The van der Waals surface area contributed by atoms with Gasteiger partial charge < -0.3 is 15.4 Å². The fourth-order valence-corrected chi connectivity index (χ4v) is 3.49. The predicted molar refractivity (Wildman–Crippen MR) is 132 cm³/mol. The van der Waals surface area contributed by atoms with Crippen molar-refractivity contribution in [1.82, 2.24) is 30.4 Å².